The summed E-state index contributed by atoms with van der Waals surface area (Å²) in [7, 11) is -3.34. The third-order valence-corrected chi connectivity index (χ3v) is 4.20. The highest BCUT2D eigenvalue weighted by atomic mass is 32.2. The van der Waals surface area contributed by atoms with Crippen molar-refractivity contribution >= 4 is 15.5 Å². The van der Waals surface area contributed by atoms with Crippen LogP contribution in [0.2, 0.25) is 0 Å². The first-order valence-electron chi connectivity index (χ1n) is 5.55. The lowest BCUT2D eigenvalue weighted by molar-refractivity contribution is 0.458. The van der Waals surface area contributed by atoms with Crippen molar-refractivity contribution in [1.29, 1.82) is 0 Å². The van der Waals surface area contributed by atoms with Gasteiger partial charge in [-0.15, -0.1) is 0 Å². The van der Waals surface area contributed by atoms with Crippen LogP contribution < -0.4 is 5.32 Å². The van der Waals surface area contributed by atoms with Crippen LogP contribution in [0.4, 0.5) is 23.2 Å². The van der Waals surface area contributed by atoms with Gasteiger partial charge in [-0.25, -0.2) is 26.0 Å². The molecule has 1 N–H and O–H groups in total. The van der Waals surface area contributed by atoms with Gasteiger partial charge in [0.1, 0.15) is 5.69 Å². The Hall–Kier alpha value is -1.31. The lowest BCUT2D eigenvalue weighted by atomic mass is 10.2. The van der Waals surface area contributed by atoms with Gasteiger partial charge in [0, 0.05) is 18.4 Å². The molecule has 8 heteroatoms. The summed E-state index contributed by atoms with van der Waals surface area (Å²) in [6, 6.07) is 0.0870. The number of sulfone groups is 1. The molecule has 0 aliphatic carbocycles. The molecule has 0 saturated heterocycles. The molecule has 0 saturated carbocycles. The van der Waals surface area contributed by atoms with E-state index in [1.54, 1.807) is 6.92 Å². The molecule has 0 aromatic heterocycles. The van der Waals surface area contributed by atoms with E-state index in [2.05, 4.69) is 5.32 Å². The van der Waals surface area contributed by atoms with Crippen molar-refractivity contribution in [1.82, 2.24) is 0 Å². The topological polar surface area (TPSA) is 46.2 Å². The number of anilines is 1. The van der Waals surface area contributed by atoms with Crippen LogP contribution >= 0.6 is 0 Å². The van der Waals surface area contributed by atoms with Gasteiger partial charge in [-0.3, -0.25) is 0 Å². The summed E-state index contributed by atoms with van der Waals surface area (Å²) in [5.74, 6) is -6.68. The van der Waals surface area contributed by atoms with Gasteiger partial charge < -0.3 is 5.32 Å². The molecular formula is C11H13F4NO2S. The summed E-state index contributed by atoms with van der Waals surface area (Å²) < 4.78 is 74.9. The fourth-order valence-corrected chi connectivity index (χ4v) is 2.71. The maximum atomic E-state index is 13.2. The molecule has 108 valence electrons. The van der Waals surface area contributed by atoms with E-state index in [9.17, 15) is 26.0 Å². The van der Waals surface area contributed by atoms with Crippen molar-refractivity contribution in [2.24, 2.45) is 0 Å². The molecule has 3 nitrogen and oxygen atoms in total. The molecule has 1 rings (SSSR count). The SMILES string of the molecule is CCCS(=O)(=O)CCNc1c(F)c(F)cc(F)c1F. The van der Waals surface area contributed by atoms with Crippen LogP contribution in [-0.4, -0.2) is 26.5 Å². The fraction of sp³-hybridized carbons (Fsp3) is 0.455. The molecule has 0 heterocycles. The zero-order valence-electron chi connectivity index (χ0n) is 10.1. The first kappa shape index (κ1) is 15.7. The summed E-state index contributed by atoms with van der Waals surface area (Å²) in [4.78, 5) is 0. The average molecular weight is 299 g/mol. The summed E-state index contributed by atoms with van der Waals surface area (Å²) >= 11 is 0. The van der Waals surface area contributed by atoms with Crippen molar-refractivity contribution in [2.45, 2.75) is 13.3 Å². The highest BCUT2D eigenvalue weighted by molar-refractivity contribution is 7.91. The number of hydrogen-bond acceptors (Lipinski definition) is 3. The van der Waals surface area contributed by atoms with Crippen molar-refractivity contribution in [3.05, 3.63) is 29.3 Å². The first-order valence-corrected chi connectivity index (χ1v) is 7.38. The van der Waals surface area contributed by atoms with Crippen LogP contribution in [0.15, 0.2) is 6.07 Å². The van der Waals surface area contributed by atoms with Gasteiger partial charge in [-0.05, 0) is 6.42 Å². The van der Waals surface area contributed by atoms with E-state index in [4.69, 9.17) is 0 Å². The maximum Gasteiger partial charge on any atom is 0.185 e. The van der Waals surface area contributed by atoms with Gasteiger partial charge in [-0.2, -0.15) is 0 Å². The largest absolute Gasteiger partial charge is 0.379 e. The Bertz CT molecular complexity index is 534. The van der Waals surface area contributed by atoms with E-state index < -0.39 is 38.8 Å². The van der Waals surface area contributed by atoms with E-state index in [-0.39, 0.29) is 24.1 Å². The van der Waals surface area contributed by atoms with Crippen LogP contribution in [-0.2, 0) is 9.84 Å². The molecule has 0 aliphatic rings. The normalized spacial score (nSPS) is 11.6. The summed E-state index contributed by atoms with van der Waals surface area (Å²) in [6.45, 7) is 1.34. The van der Waals surface area contributed by atoms with E-state index in [0.29, 0.717) is 6.42 Å². The third kappa shape index (κ3) is 4.09. The van der Waals surface area contributed by atoms with Crippen LogP contribution in [0.25, 0.3) is 0 Å². The molecule has 19 heavy (non-hydrogen) atoms. The van der Waals surface area contributed by atoms with Gasteiger partial charge in [-0.1, -0.05) is 6.92 Å². The second-order valence-electron chi connectivity index (χ2n) is 3.92. The third-order valence-electron chi connectivity index (χ3n) is 2.34. The second-order valence-corrected chi connectivity index (χ2v) is 6.23. The van der Waals surface area contributed by atoms with Crippen LogP contribution in [0, 0.1) is 23.3 Å². The quantitative estimate of drug-likeness (QED) is 0.648. The predicted octanol–water partition coefficient (Wildman–Crippen LogP) is 2.48. The zero-order valence-corrected chi connectivity index (χ0v) is 11.0. The Morgan fingerprint density at radius 1 is 1.05 bits per heavy atom. The highest BCUT2D eigenvalue weighted by Gasteiger charge is 2.19. The van der Waals surface area contributed by atoms with E-state index in [0.717, 1.165) is 0 Å². The Balaban J connectivity index is 2.79. The van der Waals surface area contributed by atoms with Gasteiger partial charge in [0.15, 0.2) is 33.1 Å². The van der Waals surface area contributed by atoms with E-state index in [1.165, 1.54) is 0 Å². The lowest BCUT2D eigenvalue weighted by Gasteiger charge is -2.10. The fourth-order valence-electron chi connectivity index (χ4n) is 1.47. The Kier molecular flexibility index (Phi) is 5.16. The van der Waals surface area contributed by atoms with Gasteiger partial charge in [0.2, 0.25) is 0 Å². The predicted molar refractivity (Wildman–Crippen MR) is 63.7 cm³/mol. The first-order chi connectivity index (χ1) is 8.78. The molecule has 0 radical (unpaired) electrons. The molecule has 0 amide bonds. The van der Waals surface area contributed by atoms with Gasteiger partial charge in [0.05, 0.1) is 5.75 Å². The maximum absolute atomic E-state index is 13.2. The van der Waals surface area contributed by atoms with Gasteiger partial charge in [0.25, 0.3) is 0 Å². The second kappa shape index (κ2) is 6.23. The van der Waals surface area contributed by atoms with Gasteiger partial charge >= 0.3 is 0 Å². The van der Waals surface area contributed by atoms with Crippen molar-refractivity contribution in [3.8, 4) is 0 Å². The monoisotopic (exact) mass is 299 g/mol. The highest BCUT2D eigenvalue weighted by Crippen LogP contribution is 2.23. The van der Waals surface area contributed by atoms with Crippen LogP contribution in [0.5, 0.6) is 0 Å². The molecule has 0 spiro atoms. The molecule has 0 aliphatic heterocycles. The minimum absolute atomic E-state index is 0.0584. The van der Waals surface area contributed by atoms with E-state index >= 15 is 0 Å². The molecule has 0 atom stereocenters. The molecule has 1 aromatic carbocycles. The minimum atomic E-state index is -3.34. The number of nitrogens with one attached hydrogen (secondary N) is 1. The molecule has 0 bridgehead atoms. The Morgan fingerprint density at radius 2 is 1.58 bits per heavy atom. The number of benzene rings is 1. The average Bonchev–Trinajstić information content (AvgIpc) is 2.31. The number of halogens is 4. The van der Waals surface area contributed by atoms with Crippen LogP contribution in [0.3, 0.4) is 0 Å². The van der Waals surface area contributed by atoms with Crippen molar-refractivity contribution in [3.63, 3.8) is 0 Å². The molecular weight excluding hydrogens is 286 g/mol. The Morgan fingerprint density at radius 3 is 2.05 bits per heavy atom. The molecule has 1 aromatic rings. The summed E-state index contributed by atoms with van der Waals surface area (Å²) in [5.41, 5.74) is -0.996. The van der Waals surface area contributed by atoms with Crippen molar-refractivity contribution in [2.75, 3.05) is 23.4 Å². The number of hydrogen-bond donors (Lipinski definition) is 1. The standard InChI is InChI=1S/C11H13F4NO2S/c1-2-4-19(17,18)5-3-16-11-9(14)7(12)6-8(13)10(11)15/h6,16H,2-5H2,1H3. The van der Waals surface area contributed by atoms with E-state index in [1.807, 2.05) is 0 Å². The minimum Gasteiger partial charge on any atom is -0.379 e. The smallest absolute Gasteiger partial charge is 0.185 e. The molecule has 0 unspecified atom stereocenters. The lowest BCUT2D eigenvalue weighted by Crippen LogP contribution is -2.19. The number of rotatable bonds is 6. The zero-order chi connectivity index (χ0) is 14.6. The molecule has 0 fully saturated rings. The van der Waals surface area contributed by atoms with Crippen LogP contribution in [0.1, 0.15) is 13.3 Å². The Labute approximate surface area is 108 Å². The summed E-state index contributed by atoms with van der Waals surface area (Å²) in [6.07, 6.45) is 0.416. The summed E-state index contributed by atoms with van der Waals surface area (Å²) in [5, 5.41) is 2.07. The van der Waals surface area contributed by atoms with Crippen molar-refractivity contribution < 1.29 is 26.0 Å².